The van der Waals surface area contributed by atoms with Gasteiger partial charge in [-0.25, -0.2) is 9.37 Å². The molecule has 3 aromatic rings. The number of oxazole rings is 1. The van der Waals surface area contributed by atoms with Crippen LogP contribution >= 0.6 is 11.6 Å². The Morgan fingerprint density at radius 1 is 1.24 bits per heavy atom. The Bertz CT molecular complexity index is 1160. The summed E-state index contributed by atoms with van der Waals surface area (Å²) in [6, 6.07) is 9.73. The Balaban J connectivity index is 1.48. The minimum Gasteiger partial charge on any atom is -0.480 e. The molecule has 1 aromatic heterocycles. The lowest BCUT2D eigenvalue weighted by molar-refractivity contribution is -0.138. The van der Waals surface area contributed by atoms with Crippen molar-refractivity contribution in [3.63, 3.8) is 0 Å². The molecule has 4 N–H and O–H groups in total. The molecule has 172 valence electrons. The molecule has 7 nitrogen and oxygen atoms in total. The summed E-state index contributed by atoms with van der Waals surface area (Å²) in [6.07, 6.45) is 3.66. The number of amides is 1. The van der Waals surface area contributed by atoms with Crippen LogP contribution in [0.15, 0.2) is 53.1 Å². The molecule has 1 aliphatic rings. The highest BCUT2D eigenvalue weighted by atomic mass is 35.5. The number of carbonyl (C=O) groups is 2. The predicted octanol–water partition coefficient (Wildman–Crippen LogP) is 4.15. The van der Waals surface area contributed by atoms with Gasteiger partial charge >= 0.3 is 5.97 Å². The largest absolute Gasteiger partial charge is 0.480 e. The van der Waals surface area contributed by atoms with Crippen LogP contribution in [0.4, 0.5) is 4.39 Å². The predicted molar refractivity (Wildman–Crippen MR) is 121 cm³/mol. The quantitative estimate of drug-likeness (QED) is 0.431. The summed E-state index contributed by atoms with van der Waals surface area (Å²) in [5.41, 5.74) is 7.73. The zero-order chi connectivity index (χ0) is 23.5. The molecule has 33 heavy (non-hydrogen) atoms. The van der Waals surface area contributed by atoms with Gasteiger partial charge in [0.25, 0.3) is 5.91 Å². The summed E-state index contributed by atoms with van der Waals surface area (Å²) < 4.78 is 19.5. The molecule has 2 atom stereocenters. The van der Waals surface area contributed by atoms with Crippen molar-refractivity contribution in [2.75, 3.05) is 0 Å². The van der Waals surface area contributed by atoms with E-state index < -0.39 is 24.0 Å². The van der Waals surface area contributed by atoms with Crippen molar-refractivity contribution in [1.82, 2.24) is 10.3 Å². The van der Waals surface area contributed by atoms with E-state index in [-0.39, 0.29) is 23.8 Å². The maximum Gasteiger partial charge on any atom is 0.320 e. The molecular weight excluding hydrogens is 449 g/mol. The number of halogens is 2. The number of aliphatic carboxylic acids is 1. The van der Waals surface area contributed by atoms with E-state index in [9.17, 15) is 19.1 Å². The van der Waals surface area contributed by atoms with Gasteiger partial charge in [0.2, 0.25) is 0 Å². The summed E-state index contributed by atoms with van der Waals surface area (Å²) >= 11 is 5.98. The average molecular weight is 472 g/mol. The van der Waals surface area contributed by atoms with Crippen LogP contribution < -0.4 is 11.1 Å². The Labute approximate surface area is 194 Å². The van der Waals surface area contributed by atoms with Gasteiger partial charge in [-0.3, -0.25) is 9.59 Å². The first-order valence-corrected chi connectivity index (χ1v) is 11.0. The number of rotatable bonds is 9. The fraction of sp³-hybridized carbons (Fsp3) is 0.292. The maximum atomic E-state index is 14.2. The lowest BCUT2D eigenvalue weighted by atomic mass is 9.97. The number of nitrogens with zero attached hydrogens (tertiary/aromatic N) is 1. The fourth-order valence-electron chi connectivity index (χ4n) is 3.59. The molecule has 4 rings (SSSR count). The third-order valence-electron chi connectivity index (χ3n) is 5.55. The third kappa shape index (κ3) is 5.77. The highest BCUT2D eigenvalue weighted by Crippen LogP contribution is 2.39. The highest BCUT2D eigenvalue weighted by molar-refractivity contribution is 6.30. The molecule has 1 saturated carbocycles. The standard InChI is InChI=1S/C24H23ClFN3O4/c25-16-7-8-19(26)18(10-16)14-3-1-13(2-4-14)9-17(11-20(27)24(31)32)28-22(30)21-12-33-23(29-21)15-5-6-15/h1-4,7-8,10,12,15,17,20H,5-6,9,11,27H2,(H,28,30)(H,31,32)/t17?,20-/m1/s1. The van der Waals surface area contributed by atoms with Crippen molar-refractivity contribution in [2.24, 2.45) is 5.73 Å². The second-order valence-corrected chi connectivity index (χ2v) is 8.66. The number of nitrogens with two attached hydrogens (primary N) is 1. The van der Waals surface area contributed by atoms with Crippen LogP contribution in [0.25, 0.3) is 11.1 Å². The number of carbonyl (C=O) groups excluding carboxylic acids is 1. The van der Waals surface area contributed by atoms with E-state index in [2.05, 4.69) is 10.3 Å². The summed E-state index contributed by atoms with van der Waals surface area (Å²) in [4.78, 5) is 28.2. The number of carboxylic acid groups (broad SMARTS) is 1. The maximum absolute atomic E-state index is 14.2. The molecule has 1 heterocycles. The molecule has 1 fully saturated rings. The van der Waals surface area contributed by atoms with E-state index in [0.29, 0.717) is 28.5 Å². The van der Waals surface area contributed by atoms with E-state index in [1.807, 2.05) is 0 Å². The van der Waals surface area contributed by atoms with Gasteiger partial charge in [-0.05, 0) is 55.0 Å². The molecule has 0 radical (unpaired) electrons. The van der Waals surface area contributed by atoms with Gasteiger partial charge in [0, 0.05) is 22.5 Å². The normalized spacial score (nSPS) is 15.1. The summed E-state index contributed by atoms with van der Waals surface area (Å²) in [6.45, 7) is 0. The summed E-state index contributed by atoms with van der Waals surface area (Å²) in [5.74, 6) is -1.18. The topological polar surface area (TPSA) is 118 Å². The van der Waals surface area contributed by atoms with E-state index in [1.54, 1.807) is 30.3 Å². The summed E-state index contributed by atoms with van der Waals surface area (Å²) in [7, 11) is 0. The lowest BCUT2D eigenvalue weighted by Gasteiger charge is -2.20. The number of nitrogens with one attached hydrogen (secondary N) is 1. The second-order valence-electron chi connectivity index (χ2n) is 8.22. The van der Waals surface area contributed by atoms with Gasteiger partial charge in [0.15, 0.2) is 11.6 Å². The number of benzene rings is 2. The van der Waals surface area contributed by atoms with Crippen molar-refractivity contribution in [3.8, 4) is 11.1 Å². The van der Waals surface area contributed by atoms with E-state index in [4.69, 9.17) is 21.8 Å². The van der Waals surface area contributed by atoms with Crippen LogP contribution in [0.5, 0.6) is 0 Å². The van der Waals surface area contributed by atoms with Crippen LogP contribution in [0, 0.1) is 5.82 Å². The van der Waals surface area contributed by atoms with Crippen molar-refractivity contribution in [3.05, 3.63) is 76.7 Å². The van der Waals surface area contributed by atoms with E-state index >= 15 is 0 Å². The van der Waals surface area contributed by atoms with Crippen molar-refractivity contribution < 1.29 is 23.5 Å². The van der Waals surface area contributed by atoms with E-state index in [1.165, 1.54) is 18.4 Å². The van der Waals surface area contributed by atoms with Crippen molar-refractivity contribution in [1.29, 1.82) is 0 Å². The number of hydrogen-bond acceptors (Lipinski definition) is 5. The van der Waals surface area contributed by atoms with Gasteiger partial charge in [-0.15, -0.1) is 0 Å². The highest BCUT2D eigenvalue weighted by Gasteiger charge is 2.30. The van der Waals surface area contributed by atoms with Gasteiger partial charge < -0.3 is 20.6 Å². The molecule has 1 unspecified atom stereocenters. The minimum atomic E-state index is -1.15. The van der Waals surface area contributed by atoms with Crippen molar-refractivity contribution >= 4 is 23.5 Å². The van der Waals surface area contributed by atoms with Crippen LogP contribution in [-0.4, -0.2) is 34.1 Å². The third-order valence-corrected chi connectivity index (χ3v) is 5.78. The van der Waals surface area contributed by atoms with Crippen LogP contribution in [0.2, 0.25) is 5.02 Å². The molecular formula is C24H23ClFN3O4. The monoisotopic (exact) mass is 471 g/mol. The van der Waals surface area contributed by atoms with Crippen LogP contribution in [-0.2, 0) is 11.2 Å². The average Bonchev–Trinajstić information content (AvgIpc) is 3.52. The Morgan fingerprint density at radius 2 is 1.97 bits per heavy atom. The first-order valence-electron chi connectivity index (χ1n) is 10.6. The molecule has 1 aliphatic carbocycles. The first kappa shape index (κ1) is 22.9. The lowest BCUT2D eigenvalue weighted by Crippen LogP contribution is -2.43. The zero-order valence-corrected chi connectivity index (χ0v) is 18.4. The molecule has 0 aliphatic heterocycles. The molecule has 0 bridgehead atoms. The molecule has 0 saturated heterocycles. The first-order chi connectivity index (χ1) is 15.8. The molecule has 2 aromatic carbocycles. The second kappa shape index (κ2) is 9.72. The van der Waals surface area contributed by atoms with E-state index in [0.717, 1.165) is 18.4 Å². The molecule has 1 amide bonds. The van der Waals surface area contributed by atoms with Gasteiger partial charge in [-0.2, -0.15) is 0 Å². The number of carboxylic acids is 1. The Hall–Kier alpha value is -3.23. The molecule has 9 heteroatoms. The van der Waals surface area contributed by atoms with Crippen LogP contribution in [0.3, 0.4) is 0 Å². The summed E-state index contributed by atoms with van der Waals surface area (Å²) in [5, 5.41) is 12.5. The van der Waals surface area contributed by atoms with Crippen molar-refractivity contribution in [2.45, 2.75) is 43.7 Å². The Morgan fingerprint density at radius 3 is 2.64 bits per heavy atom. The van der Waals surface area contributed by atoms with Gasteiger partial charge in [-0.1, -0.05) is 35.9 Å². The molecule has 0 spiro atoms. The fourth-order valence-corrected chi connectivity index (χ4v) is 3.77. The Kier molecular flexibility index (Phi) is 6.76. The number of aromatic nitrogens is 1. The number of hydrogen-bond donors (Lipinski definition) is 3. The van der Waals surface area contributed by atoms with Crippen LogP contribution in [0.1, 0.15) is 47.1 Å². The van der Waals surface area contributed by atoms with Gasteiger partial charge in [0.1, 0.15) is 18.1 Å². The van der Waals surface area contributed by atoms with Gasteiger partial charge in [0.05, 0.1) is 0 Å². The SMILES string of the molecule is N[C@H](CC(Cc1ccc(-c2cc(Cl)ccc2F)cc1)NC(=O)c1coc(C2CC2)n1)C(=O)O. The smallest absolute Gasteiger partial charge is 0.320 e. The minimum absolute atomic E-state index is 0.0269. The zero-order valence-electron chi connectivity index (χ0n) is 17.6.